The maximum Gasteiger partial charge on any atom is 0.308 e. The highest BCUT2D eigenvalue weighted by Gasteiger charge is 2.39. The molecule has 74 valence electrons. The molecular formula is C10H17NO2. The molecule has 3 unspecified atom stereocenters. The van der Waals surface area contributed by atoms with Crippen molar-refractivity contribution in [1.82, 2.24) is 5.32 Å². The monoisotopic (exact) mass is 183 g/mol. The van der Waals surface area contributed by atoms with Crippen LogP contribution in [0.4, 0.5) is 0 Å². The van der Waals surface area contributed by atoms with E-state index < -0.39 is 5.97 Å². The van der Waals surface area contributed by atoms with Crippen LogP contribution in [0.5, 0.6) is 0 Å². The summed E-state index contributed by atoms with van der Waals surface area (Å²) in [6, 6.07) is 0.146. The van der Waals surface area contributed by atoms with Crippen molar-refractivity contribution in [3.63, 3.8) is 0 Å². The van der Waals surface area contributed by atoms with Gasteiger partial charge in [-0.1, -0.05) is 0 Å². The van der Waals surface area contributed by atoms with E-state index in [0.717, 1.165) is 18.9 Å². The molecule has 0 aromatic heterocycles. The quantitative estimate of drug-likeness (QED) is 0.674. The lowest BCUT2D eigenvalue weighted by Crippen LogP contribution is -2.47. The molecule has 3 nitrogen and oxygen atoms in total. The van der Waals surface area contributed by atoms with Gasteiger partial charge in [0.2, 0.25) is 0 Å². The van der Waals surface area contributed by atoms with E-state index in [9.17, 15) is 4.79 Å². The smallest absolute Gasteiger partial charge is 0.308 e. The number of hydrogen-bond donors (Lipinski definition) is 2. The van der Waals surface area contributed by atoms with E-state index in [1.165, 1.54) is 12.8 Å². The molecule has 3 atom stereocenters. The van der Waals surface area contributed by atoms with Gasteiger partial charge >= 0.3 is 5.97 Å². The van der Waals surface area contributed by atoms with Crippen LogP contribution in [0.2, 0.25) is 0 Å². The minimum absolute atomic E-state index is 0.146. The number of rotatable bonds is 2. The summed E-state index contributed by atoms with van der Waals surface area (Å²) in [5.41, 5.74) is 0. The molecule has 2 rings (SSSR count). The van der Waals surface area contributed by atoms with Crippen molar-refractivity contribution in [2.75, 3.05) is 6.54 Å². The highest BCUT2D eigenvalue weighted by atomic mass is 16.4. The summed E-state index contributed by atoms with van der Waals surface area (Å²) >= 11 is 0. The average molecular weight is 183 g/mol. The molecule has 13 heavy (non-hydrogen) atoms. The summed E-state index contributed by atoms with van der Waals surface area (Å²) in [7, 11) is 0. The number of nitrogens with one attached hydrogen (secondary N) is 1. The van der Waals surface area contributed by atoms with Crippen LogP contribution in [-0.2, 0) is 4.79 Å². The van der Waals surface area contributed by atoms with Gasteiger partial charge in [-0.15, -0.1) is 0 Å². The second kappa shape index (κ2) is 3.29. The fourth-order valence-electron chi connectivity index (χ4n) is 2.33. The Morgan fingerprint density at radius 3 is 2.62 bits per heavy atom. The first-order chi connectivity index (χ1) is 6.18. The molecule has 0 aromatic carbocycles. The molecule has 2 N–H and O–H groups in total. The SMILES string of the molecule is CC1NCC(C2CC2)CC1C(=O)O. The average Bonchev–Trinajstić information content (AvgIpc) is 2.87. The number of carbonyl (C=O) groups is 1. The van der Waals surface area contributed by atoms with Crippen LogP contribution in [0.25, 0.3) is 0 Å². The van der Waals surface area contributed by atoms with Gasteiger partial charge in [-0.05, 0) is 44.6 Å². The highest BCUT2D eigenvalue weighted by Crippen LogP contribution is 2.41. The zero-order valence-corrected chi connectivity index (χ0v) is 7.99. The predicted molar refractivity (Wildman–Crippen MR) is 49.4 cm³/mol. The van der Waals surface area contributed by atoms with Gasteiger partial charge in [-0.25, -0.2) is 0 Å². The zero-order valence-electron chi connectivity index (χ0n) is 7.99. The van der Waals surface area contributed by atoms with Gasteiger partial charge in [-0.2, -0.15) is 0 Å². The lowest BCUT2D eigenvalue weighted by molar-refractivity contribution is -0.144. The summed E-state index contributed by atoms with van der Waals surface area (Å²) in [5, 5.41) is 12.3. The normalized spacial score (nSPS) is 40.2. The summed E-state index contributed by atoms with van der Waals surface area (Å²) in [6.45, 7) is 3.00. The van der Waals surface area contributed by atoms with Crippen LogP contribution in [0.15, 0.2) is 0 Å². The van der Waals surface area contributed by atoms with Crippen LogP contribution in [-0.4, -0.2) is 23.7 Å². The molecule has 2 aliphatic rings. The Hall–Kier alpha value is -0.570. The van der Waals surface area contributed by atoms with Gasteiger partial charge in [0, 0.05) is 6.04 Å². The van der Waals surface area contributed by atoms with E-state index in [4.69, 9.17) is 5.11 Å². The standard InChI is InChI=1S/C10H17NO2/c1-6-9(10(12)13)4-8(5-11-6)7-2-3-7/h6-9,11H,2-5H2,1H3,(H,12,13). The Morgan fingerprint density at radius 2 is 2.08 bits per heavy atom. The van der Waals surface area contributed by atoms with Crippen molar-refractivity contribution < 1.29 is 9.90 Å². The minimum Gasteiger partial charge on any atom is -0.481 e. The summed E-state index contributed by atoms with van der Waals surface area (Å²) in [4.78, 5) is 10.9. The Balaban J connectivity index is 1.96. The number of hydrogen-bond acceptors (Lipinski definition) is 2. The third-order valence-corrected chi connectivity index (χ3v) is 3.47. The van der Waals surface area contributed by atoms with Crippen LogP contribution in [0.1, 0.15) is 26.2 Å². The van der Waals surface area contributed by atoms with Gasteiger partial charge < -0.3 is 10.4 Å². The molecule has 1 heterocycles. The molecule has 1 aliphatic carbocycles. The first kappa shape index (κ1) is 9.00. The van der Waals surface area contributed by atoms with Crippen molar-refractivity contribution in [2.24, 2.45) is 17.8 Å². The fourth-order valence-corrected chi connectivity index (χ4v) is 2.33. The second-order valence-corrected chi connectivity index (χ2v) is 4.47. The van der Waals surface area contributed by atoms with Crippen LogP contribution in [0, 0.1) is 17.8 Å². The van der Waals surface area contributed by atoms with Crippen LogP contribution < -0.4 is 5.32 Å². The Kier molecular flexibility index (Phi) is 2.28. The van der Waals surface area contributed by atoms with Gasteiger partial charge in [0.15, 0.2) is 0 Å². The Labute approximate surface area is 78.5 Å². The van der Waals surface area contributed by atoms with Gasteiger partial charge in [0.25, 0.3) is 0 Å². The number of carboxylic acid groups (broad SMARTS) is 1. The number of carboxylic acids is 1. The van der Waals surface area contributed by atoms with E-state index >= 15 is 0 Å². The molecule has 1 saturated carbocycles. The molecule has 2 fully saturated rings. The summed E-state index contributed by atoms with van der Waals surface area (Å²) in [5.74, 6) is 0.642. The van der Waals surface area contributed by atoms with Gasteiger partial charge in [0.05, 0.1) is 5.92 Å². The van der Waals surface area contributed by atoms with E-state index in [2.05, 4.69) is 5.32 Å². The number of aliphatic carboxylic acids is 1. The first-order valence-electron chi connectivity index (χ1n) is 5.14. The molecule has 0 radical (unpaired) electrons. The molecule has 0 amide bonds. The molecular weight excluding hydrogens is 166 g/mol. The lowest BCUT2D eigenvalue weighted by Gasteiger charge is -2.32. The first-order valence-corrected chi connectivity index (χ1v) is 5.14. The largest absolute Gasteiger partial charge is 0.481 e. The van der Waals surface area contributed by atoms with Gasteiger partial charge in [0.1, 0.15) is 0 Å². The van der Waals surface area contributed by atoms with E-state index in [1.54, 1.807) is 0 Å². The summed E-state index contributed by atoms with van der Waals surface area (Å²) < 4.78 is 0. The fraction of sp³-hybridized carbons (Fsp3) is 0.900. The molecule has 0 spiro atoms. The van der Waals surface area contributed by atoms with Crippen LogP contribution in [0.3, 0.4) is 0 Å². The van der Waals surface area contributed by atoms with E-state index in [0.29, 0.717) is 5.92 Å². The third-order valence-electron chi connectivity index (χ3n) is 3.47. The third kappa shape index (κ3) is 1.85. The van der Waals surface area contributed by atoms with Crippen molar-refractivity contribution in [3.05, 3.63) is 0 Å². The molecule has 1 saturated heterocycles. The second-order valence-electron chi connectivity index (χ2n) is 4.47. The minimum atomic E-state index is -0.634. The van der Waals surface area contributed by atoms with Crippen molar-refractivity contribution in [2.45, 2.75) is 32.2 Å². The van der Waals surface area contributed by atoms with E-state index in [-0.39, 0.29) is 12.0 Å². The predicted octanol–water partition coefficient (Wildman–Crippen LogP) is 1.10. The van der Waals surface area contributed by atoms with Crippen molar-refractivity contribution in [1.29, 1.82) is 0 Å². The summed E-state index contributed by atoms with van der Waals surface area (Å²) in [6.07, 6.45) is 3.51. The van der Waals surface area contributed by atoms with Crippen molar-refractivity contribution >= 4 is 5.97 Å². The Morgan fingerprint density at radius 1 is 1.38 bits per heavy atom. The van der Waals surface area contributed by atoms with E-state index in [1.807, 2.05) is 6.92 Å². The van der Waals surface area contributed by atoms with Crippen LogP contribution >= 0.6 is 0 Å². The number of piperidine rings is 1. The molecule has 1 aliphatic heterocycles. The molecule has 0 aromatic rings. The topological polar surface area (TPSA) is 49.3 Å². The maximum absolute atomic E-state index is 10.9. The lowest BCUT2D eigenvalue weighted by atomic mass is 9.83. The van der Waals surface area contributed by atoms with Gasteiger partial charge in [-0.3, -0.25) is 4.79 Å². The highest BCUT2D eigenvalue weighted by molar-refractivity contribution is 5.71. The molecule has 3 heteroatoms. The molecule has 0 bridgehead atoms. The van der Waals surface area contributed by atoms with Crippen molar-refractivity contribution in [3.8, 4) is 0 Å². The zero-order chi connectivity index (χ0) is 9.42. The Bertz CT molecular complexity index is 213. The maximum atomic E-state index is 10.9.